The first-order chi connectivity index (χ1) is 29.9. The number of nitrogens with zero attached hydrogens (tertiary/aromatic N) is 15. The first kappa shape index (κ1) is 39.2. The molecule has 3 aliphatic rings. The third-order valence-electron chi connectivity index (χ3n) is 8.94. The van der Waals surface area contributed by atoms with Crippen LogP contribution in [-0.2, 0) is 9.68 Å². The summed E-state index contributed by atoms with van der Waals surface area (Å²) in [4.78, 5) is 35.2. The molecule has 1 N–H and O–H groups in total. The largest absolute Gasteiger partial charge is 0.410 e. The predicted octanol–water partition coefficient (Wildman–Crippen LogP) is 5.18. The molecule has 0 spiro atoms. The first-order valence-corrected chi connectivity index (χ1v) is 17.5. The minimum Gasteiger partial charge on any atom is -0.410 e. The lowest BCUT2D eigenvalue weighted by Crippen LogP contribution is -2.06. The molecule has 9 rings (SSSR count). The van der Waals surface area contributed by atoms with Crippen molar-refractivity contribution in [1.82, 2.24) is 29.9 Å². The number of rotatable bonds is 4. The van der Waals surface area contributed by atoms with E-state index in [0.29, 0.717) is 51.2 Å². The smallest absolute Gasteiger partial charge is 0.177 e. The van der Waals surface area contributed by atoms with Crippen LogP contribution < -0.4 is 0 Å². The molecule has 61 heavy (non-hydrogen) atoms. The molecule has 0 aliphatic heterocycles. The second-order valence-corrected chi connectivity index (χ2v) is 12.3. The van der Waals surface area contributed by atoms with Crippen LogP contribution in [0.4, 0.5) is 0 Å². The maximum atomic E-state index is 9.12. The van der Waals surface area contributed by atoms with Crippen LogP contribution in [0.2, 0.25) is 0 Å². The topological polar surface area (TPSA) is 296 Å². The third-order valence-corrected chi connectivity index (χ3v) is 8.94. The van der Waals surface area contributed by atoms with Crippen molar-refractivity contribution in [2.45, 2.75) is 0 Å². The molecule has 0 amide bonds. The van der Waals surface area contributed by atoms with Gasteiger partial charge in [0, 0.05) is 33.4 Å². The van der Waals surface area contributed by atoms with Crippen LogP contribution >= 0.6 is 0 Å². The van der Waals surface area contributed by atoms with E-state index in [1.807, 2.05) is 91.0 Å². The van der Waals surface area contributed by atoms with Gasteiger partial charge in [0.25, 0.3) is 0 Å². The van der Waals surface area contributed by atoms with E-state index in [1.165, 1.54) is 7.11 Å². The van der Waals surface area contributed by atoms with Gasteiger partial charge in [-0.1, -0.05) is 101 Å². The molecule has 3 heterocycles. The zero-order valence-electron chi connectivity index (χ0n) is 31.4. The van der Waals surface area contributed by atoms with Gasteiger partial charge in [-0.2, -0.15) is 31.6 Å². The van der Waals surface area contributed by atoms with E-state index in [0.717, 1.165) is 27.8 Å². The lowest BCUT2D eigenvalue weighted by atomic mass is 10.1. The van der Waals surface area contributed by atoms with E-state index >= 15 is 0 Å². The van der Waals surface area contributed by atoms with Gasteiger partial charge in [0.15, 0.2) is 34.2 Å². The number of nitriles is 6. The van der Waals surface area contributed by atoms with Crippen LogP contribution in [-0.4, -0.2) is 66.0 Å². The lowest BCUT2D eigenvalue weighted by molar-refractivity contribution is 0.175. The number of hydrogen-bond donors (Lipinski definition) is 1. The average Bonchev–Trinajstić information content (AvgIpc) is 3.91. The summed E-state index contributed by atoms with van der Waals surface area (Å²) in [5.74, 6) is 0. The van der Waals surface area contributed by atoms with Crippen LogP contribution in [0.25, 0.3) is 33.8 Å². The fourth-order valence-electron chi connectivity index (χ4n) is 6.44. The van der Waals surface area contributed by atoms with Gasteiger partial charge in [-0.25, -0.2) is 29.9 Å². The second kappa shape index (κ2) is 17.0. The Bertz CT molecular complexity index is 3200. The van der Waals surface area contributed by atoms with Crippen molar-refractivity contribution < 1.29 is 14.9 Å². The summed E-state index contributed by atoms with van der Waals surface area (Å²) in [6.45, 7) is 3.82. The van der Waals surface area contributed by atoms with E-state index in [4.69, 9.17) is 46.5 Å². The molecular formula is C43H21N15O3. The van der Waals surface area contributed by atoms with Gasteiger partial charge in [-0.05, 0) is 0 Å². The summed E-state index contributed by atoms with van der Waals surface area (Å²) in [6.07, 6.45) is 1.58. The molecular weight excluding hydrogens is 775 g/mol. The molecule has 0 radical (unpaired) electrons. The van der Waals surface area contributed by atoms with E-state index in [1.54, 1.807) is 24.3 Å². The predicted molar refractivity (Wildman–Crippen MR) is 213 cm³/mol. The van der Waals surface area contributed by atoms with Crippen LogP contribution in [0.1, 0.15) is 67.9 Å². The van der Waals surface area contributed by atoms with Crippen molar-refractivity contribution in [3.8, 4) is 70.2 Å². The number of hydrogen-bond acceptors (Lipinski definition) is 18. The van der Waals surface area contributed by atoms with Crippen molar-refractivity contribution in [3.05, 3.63) is 153 Å². The van der Waals surface area contributed by atoms with Crippen LogP contribution in [0.3, 0.4) is 0 Å². The molecule has 0 saturated carbocycles. The van der Waals surface area contributed by atoms with Crippen LogP contribution in [0, 0.1) is 68.0 Å². The second-order valence-electron chi connectivity index (χ2n) is 12.3. The Hall–Kier alpha value is -10.0. The Balaban J connectivity index is 0.000000138. The van der Waals surface area contributed by atoms with Gasteiger partial charge in [0.05, 0.1) is 0 Å². The molecule has 0 atom stereocenters. The van der Waals surface area contributed by atoms with Gasteiger partial charge < -0.3 is 14.9 Å². The zero-order valence-corrected chi connectivity index (χ0v) is 31.4. The molecule has 0 bridgehead atoms. The van der Waals surface area contributed by atoms with E-state index < -0.39 is 0 Å². The molecule has 3 aromatic carbocycles. The molecule has 18 heteroatoms. The monoisotopic (exact) mass is 795 g/mol. The number of aromatic nitrogens is 6. The minimum absolute atomic E-state index is 0.00399. The number of oxime groups is 3. The molecule has 18 nitrogen and oxygen atoms in total. The summed E-state index contributed by atoms with van der Waals surface area (Å²) in [5.41, 5.74) is 8.61. The molecule has 3 aliphatic carbocycles. The number of benzene rings is 3. The quantitative estimate of drug-likeness (QED) is 0.104. The summed E-state index contributed by atoms with van der Waals surface area (Å²) in [7, 11) is 1.44. The summed E-state index contributed by atoms with van der Waals surface area (Å²) >= 11 is 0. The van der Waals surface area contributed by atoms with Gasteiger partial charge >= 0.3 is 0 Å². The highest BCUT2D eigenvalue weighted by molar-refractivity contribution is 6.24. The van der Waals surface area contributed by atoms with Crippen LogP contribution in [0.5, 0.6) is 0 Å². The molecule has 3 aromatic heterocycles. The van der Waals surface area contributed by atoms with Crippen molar-refractivity contribution >= 4 is 17.1 Å². The molecule has 6 aromatic rings. The fraction of sp³-hybridized carbons (Fsp3) is 0.0465. The average molecular weight is 796 g/mol. The maximum absolute atomic E-state index is 9.12. The standard InChI is InChI=1S/C16H9N5O.C14H7N5O.C13H5N5O/c1-2-7-22-21-15-11-6-4-3-5-10(11)14-16(15)20-13(9-18)12(8-17)19-14;1-20-19-13-9-5-3-2-4-8(9)12-14(13)18-11(7-16)10(6-15)17-12;14-5-9-10(6-15)17-13-11(16-9)7-3-1-2-4-8(7)12(13)18-19/h2-6H,1,7H2;2-5H,1H3;1-4,19H. The Morgan fingerprint density at radius 1 is 0.492 bits per heavy atom. The molecule has 0 unspecified atom stereocenters. The van der Waals surface area contributed by atoms with Gasteiger partial charge in [-0.15, -0.1) is 0 Å². The highest BCUT2D eigenvalue weighted by Gasteiger charge is 2.32. The highest BCUT2D eigenvalue weighted by atomic mass is 16.6. The van der Waals surface area contributed by atoms with E-state index in [2.05, 4.69) is 51.9 Å². The first-order valence-electron chi connectivity index (χ1n) is 17.5. The van der Waals surface area contributed by atoms with Gasteiger partial charge in [-0.3, -0.25) is 0 Å². The summed E-state index contributed by atoms with van der Waals surface area (Å²) in [6, 6.07) is 33.3. The van der Waals surface area contributed by atoms with Crippen molar-refractivity contribution in [2.24, 2.45) is 15.5 Å². The third kappa shape index (κ3) is 6.92. The Kier molecular flexibility index (Phi) is 10.9. The molecule has 286 valence electrons. The molecule has 0 saturated heterocycles. The Labute approximate surface area is 345 Å². The molecule has 0 fully saturated rings. The summed E-state index contributed by atoms with van der Waals surface area (Å²) < 4.78 is 0. The van der Waals surface area contributed by atoms with E-state index in [9.17, 15) is 0 Å². The Morgan fingerprint density at radius 2 is 0.787 bits per heavy atom. The normalized spacial score (nSPS) is 13.2. The fourth-order valence-corrected chi connectivity index (χ4v) is 6.44. The lowest BCUT2D eigenvalue weighted by Gasteiger charge is -2.01. The van der Waals surface area contributed by atoms with Crippen molar-refractivity contribution in [3.63, 3.8) is 0 Å². The maximum Gasteiger partial charge on any atom is 0.177 e. The van der Waals surface area contributed by atoms with E-state index in [-0.39, 0.29) is 46.5 Å². The SMILES string of the molecule is C=CCON=C1c2ccccc2-c2nc(C#N)c(C#N)nc21.CON=C1c2ccccc2-c2nc(C#N)c(C#N)nc21.N#Cc1nc2c(nc1C#N)-c1ccccc1C2=NO. The van der Waals surface area contributed by atoms with Crippen molar-refractivity contribution in [1.29, 1.82) is 31.6 Å². The zero-order chi connectivity index (χ0) is 43.0. The van der Waals surface area contributed by atoms with Gasteiger partial charge in [0.2, 0.25) is 0 Å². The van der Waals surface area contributed by atoms with Crippen molar-refractivity contribution in [2.75, 3.05) is 13.7 Å². The Morgan fingerprint density at radius 3 is 1.10 bits per heavy atom. The van der Waals surface area contributed by atoms with Gasteiger partial charge in [0.1, 0.15) is 101 Å². The minimum atomic E-state index is -0.0739. The highest BCUT2D eigenvalue weighted by Crippen LogP contribution is 2.37. The van der Waals surface area contributed by atoms with Crippen LogP contribution in [0.15, 0.2) is 101 Å². The summed E-state index contributed by atoms with van der Waals surface area (Å²) in [5, 5.41) is 74.6. The number of fused-ring (bicyclic) bond motifs is 9.